The lowest BCUT2D eigenvalue weighted by molar-refractivity contribution is -0.142. The number of carbonyl (C=O) groups is 3. The van der Waals surface area contributed by atoms with Crippen LogP contribution < -0.4 is 10.2 Å². The van der Waals surface area contributed by atoms with Crippen LogP contribution in [-0.4, -0.2) is 46.2 Å². The lowest BCUT2D eigenvalue weighted by atomic mass is 9.94. The molecule has 2 saturated heterocycles. The highest BCUT2D eigenvalue weighted by atomic mass is 16.4. The van der Waals surface area contributed by atoms with Crippen molar-refractivity contribution in [3.8, 4) is 0 Å². The molecule has 2 N–H and O–H groups in total. The summed E-state index contributed by atoms with van der Waals surface area (Å²) in [7, 11) is 0. The fraction of sp³-hybridized carbons (Fsp3) is 0.533. The van der Waals surface area contributed by atoms with E-state index in [4.69, 9.17) is 5.11 Å². The van der Waals surface area contributed by atoms with Crippen molar-refractivity contribution in [3.63, 3.8) is 0 Å². The van der Waals surface area contributed by atoms with Crippen LogP contribution in [-0.2, 0) is 14.4 Å². The summed E-state index contributed by atoms with van der Waals surface area (Å²) in [6, 6.07) is 3.55. The van der Waals surface area contributed by atoms with Gasteiger partial charge in [-0.05, 0) is 31.4 Å². The number of hydrogen-bond donors (Lipinski definition) is 2. The summed E-state index contributed by atoms with van der Waals surface area (Å²) in [6.07, 6.45) is 1.93. The molecule has 0 spiro atoms. The van der Waals surface area contributed by atoms with Gasteiger partial charge in [0.2, 0.25) is 11.8 Å². The number of nitrogens with zero attached hydrogens (tertiary/aromatic N) is 3. The number of imide groups is 1. The number of aliphatic carboxylic acids is 1. The molecule has 1 atom stereocenters. The van der Waals surface area contributed by atoms with Gasteiger partial charge in [0, 0.05) is 19.5 Å². The second kappa shape index (κ2) is 6.31. The first-order valence-corrected chi connectivity index (χ1v) is 7.69. The third-order valence-electron chi connectivity index (χ3n) is 4.44. The van der Waals surface area contributed by atoms with Crippen molar-refractivity contribution in [3.05, 3.63) is 17.8 Å². The summed E-state index contributed by atoms with van der Waals surface area (Å²) < 4.78 is 0. The van der Waals surface area contributed by atoms with E-state index in [1.165, 1.54) is 0 Å². The van der Waals surface area contributed by atoms with Gasteiger partial charge in [-0.3, -0.25) is 19.7 Å². The Morgan fingerprint density at radius 2 is 1.91 bits per heavy atom. The Kier molecular flexibility index (Phi) is 4.22. The molecule has 2 amide bonds. The molecule has 2 fully saturated rings. The quantitative estimate of drug-likeness (QED) is 0.771. The number of piperidine rings is 2. The molecular formula is C15H18N4O4. The average molecular weight is 318 g/mol. The number of hydrogen-bond acceptors (Lipinski definition) is 6. The van der Waals surface area contributed by atoms with Crippen LogP contribution in [0.4, 0.5) is 5.82 Å². The maximum atomic E-state index is 11.8. The Hall–Kier alpha value is -2.51. The van der Waals surface area contributed by atoms with Crippen LogP contribution in [0.5, 0.6) is 0 Å². The van der Waals surface area contributed by atoms with Crippen molar-refractivity contribution in [1.82, 2.24) is 15.5 Å². The largest absolute Gasteiger partial charge is 0.481 e. The van der Waals surface area contributed by atoms with Crippen LogP contribution in [0.2, 0.25) is 0 Å². The standard InChI is InChI=1S/C15H18N4O4/c20-13-4-1-10(14(21)16-13)11-2-3-12(18-17-11)19-7-5-9(6-8-19)15(22)23/h2-3,9-10H,1,4-8H2,(H,22,23)(H,16,20,21)/t10-/m0/s1. The van der Waals surface area contributed by atoms with Gasteiger partial charge in [0.15, 0.2) is 5.82 Å². The Bertz CT molecular complexity index is 623. The number of nitrogens with one attached hydrogen (secondary N) is 1. The predicted molar refractivity (Wildman–Crippen MR) is 79.7 cm³/mol. The van der Waals surface area contributed by atoms with Gasteiger partial charge in [0.05, 0.1) is 17.5 Å². The molecule has 2 aliphatic heterocycles. The highest BCUT2D eigenvalue weighted by Gasteiger charge is 2.30. The zero-order valence-corrected chi connectivity index (χ0v) is 12.6. The van der Waals surface area contributed by atoms with Gasteiger partial charge in [-0.1, -0.05) is 0 Å². The molecule has 3 rings (SSSR count). The molecule has 8 heteroatoms. The molecule has 0 unspecified atom stereocenters. The predicted octanol–water partition coefficient (Wildman–Crippen LogP) is 0.298. The number of amides is 2. The summed E-state index contributed by atoms with van der Waals surface area (Å²) >= 11 is 0. The molecule has 0 aliphatic carbocycles. The Morgan fingerprint density at radius 1 is 1.17 bits per heavy atom. The topological polar surface area (TPSA) is 112 Å². The number of carboxylic acid groups (broad SMARTS) is 1. The van der Waals surface area contributed by atoms with E-state index in [1.54, 1.807) is 12.1 Å². The Balaban J connectivity index is 1.65. The molecule has 0 aromatic carbocycles. The van der Waals surface area contributed by atoms with E-state index in [-0.39, 0.29) is 17.7 Å². The van der Waals surface area contributed by atoms with Gasteiger partial charge in [-0.15, -0.1) is 5.10 Å². The van der Waals surface area contributed by atoms with Gasteiger partial charge < -0.3 is 10.0 Å². The van der Waals surface area contributed by atoms with Crippen LogP contribution in [0.1, 0.15) is 37.3 Å². The smallest absolute Gasteiger partial charge is 0.306 e. The monoisotopic (exact) mass is 318 g/mol. The summed E-state index contributed by atoms with van der Waals surface area (Å²) in [4.78, 5) is 36.0. The second-order valence-corrected chi connectivity index (χ2v) is 5.92. The van der Waals surface area contributed by atoms with Crippen molar-refractivity contribution in [1.29, 1.82) is 0 Å². The van der Waals surface area contributed by atoms with E-state index in [2.05, 4.69) is 15.5 Å². The molecule has 23 heavy (non-hydrogen) atoms. The van der Waals surface area contributed by atoms with Gasteiger partial charge in [-0.25, -0.2) is 0 Å². The number of rotatable bonds is 3. The first-order chi connectivity index (χ1) is 11.0. The minimum absolute atomic E-state index is 0.253. The van der Waals surface area contributed by atoms with Gasteiger partial charge in [-0.2, -0.15) is 5.10 Å². The molecule has 8 nitrogen and oxygen atoms in total. The molecule has 3 heterocycles. The summed E-state index contributed by atoms with van der Waals surface area (Å²) in [6.45, 7) is 1.26. The second-order valence-electron chi connectivity index (χ2n) is 5.92. The van der Waals surface area contributed by atoms with Gasteiger partial charge >= 0.3 is 5.97 Å². The lowest BCUT2D eigenvalue weighted by Crippen LogP contribution is -2.40. The van der Waals surface area contributed by atoms with Gasteiger partial charge in [0.25, 0.3) is 0 Å². The van der Waals surface area contributed by atoms with Crippen LogP contribution >= 0.6 is 0 Å². The molecule has 1 aromatic rings. The molecule has 2 aliphatic rings. The fourth-order valence-corrected chi connectivity index (χ4v) is 3.02. The fourth-order valence-electron chi connectivity index (χ4n) is 3.02. The molecule has 1 aromatic heterocycles. The van der Waals surface area contributed by atoms with Crippen molar-refractivity contribution >= 4 is 23.6 Å². The zero-order chi connectivity index (χ0) is 16.4. The first kappa shape index (κ1) is 15.4. The van der Waals surface area contributed by atoms with Crippen LogP contribution in [0.15, 0.2) is 12.1 Å². The Labute approximate surface area is 132 Å². The van der Waals surface area contributed by atoms with E-state index in [0.29, 0.717) is 50.3 Å². The summed E-state index contributed by atoms with van der Waals surface area (Å²) in [5.41, 5.74) is 0.555. The van der Waals surface area contributed by atoms with Crippen LogP contribution in [0.3, 0.4) is 0 Å². The molecular weight excluding hydrogens is 300 g/mol. The van der Waals surface area contributed by atoms with Crippen molar-refractivity contribution in [2.45, 2.75) is 31.6 Å². The highest BCUT2D eigenvalue weighted by Crippen LogP contribution is 2.25. The number of carboxylic acids is 1. The average Bonchev–Trinajstić information content (AvgIpc) is 2.55. The maximum Gasteiger partial charge on any atom is 0.306 e. The minimum atomic E-state index is -0.746. The van der Waals surface area contributed by atoms with E-state index < -0.39 is 11.9 Å². The summed E-state index contributed by atoms with van der Waals surface area (Å²) in [5.74, 6) is -1.37. The SMILES string of the molecule is O=C1CC[C@@H](c2ccc(N3CCC(C(=O)O)CC3)nn2)C(=O)N1. The number of carbonyl (C=O) groups excluding carboxylic acids is 2. The van der Waals surface area contributed by atoms with E-state index >= 15 is 0 Å². The van der Waals surface area contributed by atoms with Crippen LogP contribution in [0.25, 0.3) is 0 Å². The Morgan fingerprint density at radius 3 is 2.48 bits per heavy atom. The molecule has 0 bridgehead atoms. The highest BCUT2D eigenvalue weighted by molar-refractivity contribution is 6.00. The zero-order valence-electron chi connectivity index (χ0n) is 12.6. The van der Waals surface area contributed by atoms with E-state index in [1.807, 2.05) is 4.90 Å². The third-order valence-corrected chi connectivity index (χ3v) is 4.44. The van der Waals surface area contributed by atoms with Crippen LogP contribution in [0, 0.1) is 5.92 Å². The van der Waals surface area contributed by atoms with Gasteiger partial charge in [0.1, 0.15) is 0 Å². The van der Waals surface area contributed by atoms with Crippen molar-refractivity contribution in [2.75, 3.05) is 18.0 Å². The van der Waals surface area contributed by atoms with E-state index in [0.717, 1.165) is 0 Å². The third kappa shape index (κ3) is 3.30. The van der Waals surface area contributed by atoms with Crippen molar-refractivity contribution < 1.29 is 19.5 Å². The molecule has 0 radical (unpaired) electrons. The minimum Gasteiger partial charge on any atom is -0.481 e. The molecule has 0 saturated carbocycles. The maximum absolute atomic E-state index is 11.8. The number of anilines is 1. The normalized spacial score (nSPS) is 22.8. The van der Waals surface area contributed by atoms with E-state index in [9.17, 15) is 14.4 Å². The molecule has 122 valence electrons. The summed E-state index contributed by atoms with van der Waals surface area (Å²) in [5, 5.41) is 19.6. The lowest BCUT2D eigenvalue weighted by Gasteiger charge is -2.30. The van der Waals surface area contributed by atoms with Crippen molar-refractivity contribution in [2.24, 2.45) is 5.92 Å². The number of aromatic nitrogens is 2. The first-order valence-electron chi connectivity index (χ1n) is 7.69.